The van der Waals surface area contributed by atoms with Crippen LogP contribution < -0.4 is 5.73 Å². The molecule has 1 aliphatic rings. The number of hydrogen-bond donors (Lipinski definition) is 1. The van der Waals surface area contributed by atoms with E-state index in [1.165, 1.54) is 16.7 Å². The number of fused-ring (bicyclic) bond motifs is 1. The van der Waals surface area contributed by atoms with E-state index in [0.717, 1.165) is 17.9 Å². The van der Waals surface area contributed by atoms with Crippen LogP contribution in [0.3, 0.4) is 0 Å². The molecule has 1 aliphatic carbocycles. The molecule has 0 radical (unpaired) electrons. The minimum atomic E-state index is 0.160. The lowest BCUT2D eigenvalue weighted by Crippen LogP contribution is -2.05. The fraction of sp³-hybridized carbons (Fsp3) is 0.400. The first-order valence-electron chi connectivity index (χ1n) is 4.23. The molecule has 0 heterocycles. The van der Waals surface area contributed by atoms with Crippen molar-refractivity contribution >= 4 is 11.6 Å². The summed E-state index contributed by atoms with van der Waals surface area (Å²) in [5.74, 6) is 0. The van der Waals surface area contributed by atoms with Gasteiger partial charge < -0.3 is 5.73 Å². The maximum atomic E-state index is 6.09. The molecule has 1 aromatic carbocycles. The quantitative estimate of drug-likeness (QED) is 0.654. The number of aryl methyl sites for hydroxylation is 2. The van der Waals surface area contributed by atoms with Gasteiger partial charge in [0.1, 0.15) is 0 Å². The van der Waals surface area contributed by atoms with Crippen LogP contribution in [-0.2, 0) is 6.42 Å². The summed E-state index contributed by atoms with van der Waals surface area (Å²) in [7, 11) is 0. The monoisotopic (exact) mass is 181 g/mol. The van der Waals surface area contributed by atoms with E-state index in [4.69, 9.17) is 17.3 Å². The van der Waals surface area contributed by atoms with Gasteiger partial charge >= 0.3 is 0 Å². The molecule has 0 bridgehead atoms. The fourth-order valence-electron chi connectivity index (χ4n) is 1.90. The van der Waals surface area contributed by atoms with Crippen molar-refractivity contribution in [3.05, 3.63) is 33.8 Å². The molecule has 0 saturated heterocycles. The van der Waals surface area contributed by atoms with Crippen LogP contribution in [-0.4, -0.2) is 0 Å². The summed E-state index contributed by atoms with van der Waals surface area (Å²) < 4.78 is 0. The van der Waals surface area contributed by atoms with Crippen LogP contribution in [0.15, 0.2) is 12.1 Å². The summed E-state index contributed by atoms with van der Waals surface area (Å²) in [4.78, 5) is 0. The number of hydrogen-bond acceptors (Lipinski definition) is 1. The molecule has 64 valence electrons. The van der Waals surface area contributed by atoms with Gasteiger partial charge in [-0.1, -0.05) is 17.7 Å². The zero-order valence-corrected chi connectivity index (χ0v) is 7.86. The van der Waals surface area contributed by atoms with E-state index >= 15 is 0 Å². The normalized spacial score (nSPS) is 21.1. The largest absolute Gasteiger partial charge is 0.324 e. The molecule has 2 heteroatoms. The Labute approximate surface area is 77.5 Å². The van der Waals surface area contributed by atoms with Crippen molar-refractivity contribution in [1.82, 2.24) is 0 Å². The van der Waals surface area contributed by atoms with Crippen LogP contribution in [0.5, 0.6) is 0 Å². The third kappa shape index (κ3) is 1.13. The first-order chi connectivity index (χ1) is 5.68. The zero-order valence-electron chi connectivity index (χ0n) is 7.10. The van der Waals surface area contributed by atoms with E-state index in [9.17, 15) is 0 Å². The van der Waals surface area contributed by atoms with Crippen LogP contribution in [0.1, 0.15) is 29.2 Å². The molecular formula is C10H12ClN. The van der Waals surface area contributed by atoms with E-state index in [-0.39, 0.29) is 6.04 Å². The average Bonchev–Trinajstić information content (AvgIpc) is 2.31. The van der Waals surface area contributed by atoms with Gasteiger partial charge in [-0.25, -0.2) is 0 Å². The molecule has 12 heavy (non-hydrogen) atoms. The van der Waals surface area contributed by atoms with E-state index < -0.39 is 0 Å². The summed E-state index contributed by atoms with van der Waals surface area (Å²) in [6.07, 6.45) is 2.12. The maximum Gasteiger partial charge on any atom is 0.0459 e. The molecule has 2 rings (SSSR count). The Hall–Kier alpha value is -0.530. The van der Waals surface area contributed by atoms with E-state index in [2.05, 4.69) is 13.0 Å². The lowest BCUT2D eigenvalue weighted by atomic mass is 10.1. The predicted molar refractivity (Wildman–Crippen MR) is 51.4 cm³/mol. The SMILES string of the molecule is Cc1cc(Cl)c2c(c1)CC[C@@H]2N. The summed E-state index contributed by atoms with van der Waals surface area (Å²) in [5.41, 5.74) is 9.65. The Morgan fingerprint density at radius 3 is 3.00 bits per heavy atom. The van der Waals surface area contributed by atoms with Crippen molar-refractivity contribution in [2.24, 2.45) is 5.73 Å². The topological polar surface area (TPSA) is 26.0 Å². The molecule has 0 saturated carbocycles. The van der Waals surface area contributed by atoms with Crippen LogP contribution >= 0.6 is 11.6 Å². The second-order valence-corrected chi connectivity index (χ2v) is 3.87. The second kappa shape index (κ2) is 2.75. The fourth-order valence-corrected chi connectivity index (χ4v) is 2.34. The van der Waals surface area contributed by atoms with Crippen LogP contribution in [0.2, 0.25) is 5.02 Å². The molecule has 1 atom stereocenters. The number of halogens is 1. The second-order valence-electron chi connectivity index (χ2n) is 3.46. The highest BCUT2D eigenvalue weighted by Crippen LogP contribution is 2.35. The van der Waals surface area contributed by atoms with Gasteiger partial charge in [-0.2, -0.15) is 0 Å². The maximum absolute atomic E-state index is 6.09. The van der Waals surface area contributed by atoms with Gasteiger partial charge in [-0.05, 0) is 42.5 Å². The lowest BCUT2D eigenvalue weighted by molar-refractivity contribution is 0.713. The summed E-state index contributed by atoms with van der Waals surface area (Å²) in [6.45, 7) is 2.07. The van der Waals surface area contributed by atoms with E-state index in [1.807, 2.05) is 6.07 Å². The molecule has 0 spiro atoms. The summed E-state index contributed by atoms with van der Waals surface area (Å²) in [5, 5.41) is 0.843. The molecule has 2 N–H and O–H groups in total. The third-order valence-electron chi connectivity index (χ3n) is 2.46. The van der Waals surface area contributed by atoms with Crippen molar-refractivity contribution in [3.63, 3.8) is 0 Å². The number of rotatable bonds is 0. The van der Waals surface area contributed by atoms with Crippen LogP contribution in [0, 0.1) is 6.92 Å². The van der Waals surface area contributed by atoms with Crippen molar-refractivity contribution in [1.29, 1.82) is 0 Å². The lowest BCUT2D eigenvalue weighted by Gasteiger charge is -2.07. The number of nitrogens with two attached hydrogens (primary N) is 1. The summed E-state index contributed by atoms with van der Waals surface area (Å²) >= 11 is 6.09. The third-order valence-corrected chi connectivity index (χ3v) is 2.77. The van der Waals surface area contributed by atoms with Crippen molar-refractivity contribution in [3.8, 4) is 0 Å². The van der Waals surface area contributed by atoms with Gasteiger partial charge in [0, 0.05) is 11.1 Å². The van der Waals surface area contributed by atoms with Crippen LogP contribution in [0.4, 0.5) is 0 Å². The van der Waals surface area contributed by atoms with Crippen LogP contribution in [0.25, 0.3) is 0 Å². The average molecular weight is 182 g/mol. The van der Waals surface area contributed by atoms with Gasteiger partial charge in [0.25, 0.3) is 0 Å². The molecule has 0 aliphatic heterocycles. The minimum absolute atomic E-state index is 0.160. The molecule has 0 aromatic heterocycles. The highest BCUT2D eigenvalue weighted by molar-refractivity contribution is 6.31. The zero-order chi connectivity index (χ0) is 8.72. The molecule has 1 aromatic rings. The highest BCUT2D eigenvalue weighted by atomic mass is 35.5. The Bertz CT molecular complexity index is 320. The Balaban J connectivity index is 2.60. The molecular weight excluding hydrogens is 170 g/mol. The summed E-state index contributed by atoms with van der Waals surface area (Å²) in [6, 6.07) is 4.34. The van der Waals surface area contributed by atoms with Crippen molar-refractivity contribution < 1.29 is 0 Å². The van der Waals surface area contributed by atoms with Gasteiger partial charge in [-0.3, -0.25) is 0 Å². The Morgan fingerprint density at radius 2 is 2.25 bits per heavy atom. The smallest absolute Gasteiger partial charge is 0.0459 e. The standard InChI is InChI=1S/C10H12ClN/c1-6-4-7-2-3-9(12)10(7)8(11)5-6/h4-5,9H,2-3,12H2,1H3/t9-/m0/s1. The Kier molecular flexibility index (Phi) is 1.85. The molecule has 0 amide bonds. The van der Waals surface area contributed by atoms with E-state index in [1.54, 1.807) is 0 Å². The van der Waals surface area contributed by atoms with Crippen molar-refractivity contribution in [2.45, 2.75) is 25.8 Å². The molecule has 0 unspecified atom stereocenters. The van der Waals surface area contributed by atoms with E-state index in [0.29, 0.717) is 0 Å². The molecule has 1 nitrogen and oxygen atoms in total. The first-order valence-corrected chi connectivity index (χ1v) is 4.61. The van der Waals surface area contributed by atoms with Gasteiger partial charge in [0.05, 0.1) is 0 Å². The Morgan fingerprint density at radius 1 is 1.50 bits per heavy atom. The first kappa shape index (κ1) is 8.09. The van der Waals surface area contributed by atoms with Gasteiger partial charge in [-0.15, -0.1) is 0 Å². The van der Waals surface area contributed by atoms with Gasteiger partial charge in [0.15, 0.2) is 0 Å². The highest BCUT2D eigenvalue weighted by Gasteiger charge is 2.21. The molecule has 0 fully saturated rings. The van der Waals surface area contributed by atoms with Gasteiger partial charge in [0.2, 0.25) is 0 Å². The predicted octanol–water partition coefficient (Wildman–Crippen LogP) is 2.59. The minimum Gasteiger partial charge on any atom is -0.324 e. The van der Waals surface area contributed by atoms with Crippen molar-refractivity contribution in [2.75, 3.05) is 0 Å². The number of benzene rings is 1.